The molecule has 1 saturated heterocycles. The van der Waals surface area contributed by atoms with Crippen LogP contribution in [0.25, 0.3) is 0 Å². The van der Waals surface area contributed by atoms with E-state index in [-0.39, 0.29) is 36.5 Å². The summed E-state index contributed by atoms with van der Waals surface area (Å²) in [7, 11) is 0. The zero-order valence-electron chi connectivity index (χ0n) is 19.9. The lowest BCUT2D eigenvalue weighted by Crippen LogP contribution is -2.54. The van der Waals surface area contributed by atoms with Crippen molar-refractivity contribution in [2.24, 2.45) is 5.92 Å². The molecule has 0 aromatic heterocycles. The van der Waals surface area contributed by atoms with E-state index >= 15 is 0 Å². The van der Waals surface area contributed by atoms with Gasteiger partial charge in [-0.2, -0.15) is 0 Å². The second-order valence-electron chi connectivity index (χ2n) is 9.43. The number of nitrogens with zero attached hydrogens (tertiary/aromatic N) is 2. The summed E-state index contributed by atoms with van der Waals surface area (Å²) in [6, 6.07) is 7.52. The van der Waals surface area contributed by atoms with Crippen LogP contribution >= 0.6 is 11.6 Å². The first-order chi connectivity index (χ1) is 15.9. The van der Waals surface area contributed by atoms with E-state index in [1.807, 2.05) is 41.1 Å². The van der Waals surface area contributed by atoms with Gasteiger partial charge in [0, 0.05) is 30.2 Å². The van der Waals surface area contributed by atoms with E-state index in [9.17, 15) is 14.7 Å². The van der Waals surface area contributed by atoms with Crippen LogP contribution in [0.3, 0.4) is 0 Å². The van der Waals surface area contributed by atoms with E-state index in [1.165, 1.54) is 6.42 Å². The van der Waals surface area contributed by atoms with Gasteiger partial charge >= 0.3 is 0 Å². The van der Waals surface area contributed by atoms with Crippen molar-refractivity contribution in [3.8, 4) is 0 Å². The molecule has 1 aromatic rings. The van der Waals surface area contributed by atoms with E-state index in [1.54, 1.807) is 6.92 Å². The smallest absolute Gasteiger partial charge is 0.251 e. The van der Waals surface area contributed by atoms with Gasteiger partial charge in [0.25, 0.3) is 5.91 Å². The molecule has 33 heavy (non-hydrogen) atoms. The Labute approximate surface area is 202 Å². The average Bonchev–Trinajstić information content (AvgIpc) is 3.28. The van der Waals surface area contributed by atoms with Crippen molar-refractivity contribution in [1.29, 1.82) is 0 Å². The minimum Gasteiger partial charge on any atom is -0.396 e. The van der Waals surface area contributed by atoms with Crippen LogP contribution in [0.15, 0.2) is 24.3 Å². The Hall–Kier alpha value is -1.67. The molecule has 1 aliphatic heterocycles. The summed E-state index contributed by atoms with van der Waals surface area (Å²) >= 11 is 5.99. The molecule has 0 spiro atoms. The van der Waals surface area contributed by atoms with E-state index in [2.05, 4.69) is 10.7 Å². The topological polar surface area (TPSA) is 84.9 Å². The SMILES string of the molecule is CCN[C@H](Cc1ccc(Cl)cc1)C(=O)NN1CC[C@H](N(C(=O)[C@H](C)CO)C2CCCCC2)C1. The van der Waals surface area contributed by atoms with Gasteiger partial charge in [-0.3, -0.25) is 15.0 Å². The van der Waals surface area contributed by atoms with E-state index < -0.39 is 5.92 Å². The van der Waals surface area contributed by atoms with Crippen LogP contribution in [0.2, 0.25) is 5.02 Å². The predicted molar refractivity (Wildman–Crippen MR) is 131 cm³/mol. The zero-order chi connectivity index (χ0) is 23.8. The molecule has 184 valence electrons. The van der Waals surface area contributed by atoms with Crippen molar-refractivity contribution in [2.45, 2.75) is 76.9 Å². The normalized spacial score (nSPS) is 21.5. The molecule has 1 aromatic carbocycles. The predicted octanol–water partition coefficient (Wildman–Crippen LogP) is 2.76. The quantitative estimate of drug-likeness (QED) is 0.481. The minimum atomic E-state index is -0.395. The van der Waals surface area contributed by atoms with Gasteiger partial charge in [-0.1, -0.05) is 56.8 Å². The number of halogens is 1. The fraction of sp³-hybridized carbons (Fsp3) is 0.680. The summed E-state index contributed by atoms with van der Waals surface area (Å²) in [5, 5.41) is 15.5. The van der Waals surface area contributed by atoms with Gasteiger partial charge in [-0.25, -0.2) is 5.01 Å². The molecular formula is C25H39ClN4O3. The van der Waals surface area contributed by atoms with Crippen LogP contribution in [0.5, 0.6) is 0 Å². The molecule has 1 saturated carbocycles. The first-order valence-corrected chi connectivity index (χ1v) is 12.8. The van der Waals surface area contributed by atoms with Crippen LogP contribution in [-0.2, 0) is 16.0 Å². The summed E-state index contributed by atoms with van der Waals surface area (Å²) in [6.45, 7) is 5.67. The lowest BCUT2D eigenvalue weighted by atomic mass is 9.92. The highest BCUT2D eigenvalue weighted by Crippen LogP contribution is 2.28. The largest absolute Gasteiger partial charge is 0.396 e. The Balaban J connectivity index is 1.62. The molecule has 0 radical (unpaired) electrons. The van der Waals surface area contributed by atoms with Crippen molar-refractivity contribution < 1.29 is 14.7 Å². The molecular weight excluding hydrogens is 440 g/mol. The highest BCUT2D eigenvalue weighted by molar-refractivity contribution is 6.30. The minimum absolute atomic E-state index is 0.0378. The lowest BCUT2D eigenvalue weighted by Gasteiger charge is -2.40. The van der Waals surface area contributed by atoms with Crippen molar-refractivity contribution in [2.75, 3.05) is 26.2 Å². The lowest BCUT2D eigenvalue weighted by molar-refractivity contribution is -0.142. The van der Waals surface area contributed by atoms with Crippen molar-refractivity contribution in [1.82, 2.24) is 20.7 Å². The van der Waals surface area contributed by atoms with Gasteiger partial charge in [0.1, 0.15) is 0 Å². The molecule has 3 N–H and O–H groups in total. The van der Waals surface area contributed by atoms with Crippen LogP contribution in [-0.4, -0.2) is 71.2 Å². The van der Waals surface area contributed by atoms with E-state index in [0.29, 0.717) is 31.1 Å². The standard InChI is InChI=1S/C25H39ClN4O3/c1-3-27-23(15-19-9-11-20(26)12-10-19)24(32)28-29-14-13-22(16-29)30(25(33)18(2)17-31)21-7-5-4-6-8-21/h9-12,18,21-23,27,31H,3-8,13-17H2,1-2H3,(H,28,32)/t18-,22+,23-/m1/s1. The molecule has 0 unspecified atom stereocenters. The summed E-state index contributed by atoms with van der Waals surface area (Å²) in [6.07, 6.45) is 6.96. The Morgan fingerprint density at radius 2 is 1.85 bits per heavy atom. The number of nitrogens with one attached hydrogen (secondary N) is 2. The molecule has 7 nitrogen and oxygen atoms in total. The molecule has 0 bridgehead atoms. The number of benzene rings is 1. The zero-order valence-corrected chi connectivity index (χ0v) is 20.7. The van der Waals surface area contributed by atoms with Crippen molar-refractivity contribution >= 4 is 23.4 Å². The fourth-order valence-corrected chi connectivity index (χ4v) is 5.14. The number of hydrogen-bond acceptors (Lipinski definition) is 5. The number of hydrazine groups is 1. The Morgan fingerprint density at radius 1 is 1.15 bits per heavy atom. The summed E-state index contributed by atoms with van der Waals surface area (Å²) in [5.74, 6) is -0.421. The third-order valence-electron chi connectivity index (χ3n) is 6.86. The van der Waals surface area contributed by atoms with Crippen molar-refractivity contribution in [3.05, 3.63) is 34.9 Å². The molecule has 8 heteroatoms. The number of carbonyl (C=O) groups is 2. The van der Waals surface area contributed by atoms with Crippen LogP contribution < -0.4 is 10.7 Å². The molecule has 2 amide bonds. The van der Waals surface area contributed by atoms with Crippen LogP contribution in [0, 0.1) is 5.92 Å². The Kier molecular flexibility index (Phi) is 9.98. The number of amides is 2. The third kappa shape index (κ3) is 7.15. The Morgan fingerprint density at radius 3 is 2.48 bits per heavy atom. The molecule has 1 aliphatic carbocycles. The maximum Gasteiger partial charge on any atom is 0.251 e. The van der Waals surface area contributed by atoms with Gasteiger partial charge in [-0.15, -0.1) is 0 Å². The molecule has 3 rings (SSSR count). The number of likely N-dealkylation sites (N-methyl/N-ethyl adjacent to an activating group) is 1. The maximum absolute atomic E-state index is 13.2. The van der Waals surface area contributed by atoms with Crippen LogP contribution in [0.1, 0.15) is 57.9 Å². The second kappa shape index (κ2) is 12.7. The van der Waals surface area contributed by atoms with E-state index in [4.69, 9.17) is 11.6 Å². The number of aliphatic hydroxyl groups is 1. The first kappa shape index (κ1) is 25.9. The molecule has 3 atom stereocenters. The highest BCUT2D eigenvalue weighted by atomic mass is 35.5. The monoisotopic (exact) mass is 478 g/mol. The van der Waals surface area contributed by atoms with Gasteiger partial charge in [0.05, 0.1) is 18.6 Å². The van der Waals surface area contributed by atoms with Crippen molar-refractivity contribution in [3.63, 3.8) is 0 Å². The summed E-state index contributed by atoms with van der Waals surface area (Å²) in [4.78, 5) is 28.3. The number of hydrogen-bond donors (Lipinski definition) is 3. The number of carbonyl (C=O) groups excluding carboxylic acids is 2. The molecule has 2 aliphatic rings. The highest BCUT2D eigenvalue weighted by Gasteiger charge is 2.38. The first-order valence-electron chi connectivity index (χ1n) is 12.4. The summed E-state index contributed by atoms with van der Waals surface area (Å²) in [5.41, 5.74) is 4.13. The number of rotatable bonds is 10. The maximum atomic E-state index is 13.2. The van der Waals surface area contributed by atoms with E-state index in [0.717, 1.165) is 37.7 Å². The van der Waals surface area contributed by atoms with Gasteiger partial charge in [-0.05, 0) is 49.9 Å². The Bertz CT molecular complexity index is 769. The van der Waals surface area contributed by atoms with Gasteiger partial charge in [0.15, 0.2) is 0 Å². The third-order valence-corrected chi connectivity index (χ3v) is 7.12. The van der Waals surface area contributed by atoms with Gasteiger partial charge < -0.3 is 15.3 Å². The van der Waals surface area contributed by atoms with Crippen LogP contribution in [0.4, 0.5) is 0 Å². The fourth-order valence-electron chi connectivity index (χ4n) is 5.01. The average molecular weight is 479 g/mol. The van der Waals surface area contributed by atoms with Gasteiger partial charge in [0.2, 0.25) is 5.91 Å². The molecule has 2 fully saturated rings. The second-order valence-corrected chi connectivity index (χ2v) is 9.86. The summed E-state index contributed by atoms with van der Waals surface area (Å²) < 4.78 is 0. The molecule has 1 heterocycles. The number of aliphatic hydroxyl groups excluding tert-OH is 1.